The van der Waals surface area contributed by atoms with E-state index in [4.69, 9.17) is 4.74 Å². The summed E-state index contributed by atoms with van der Waals surface area (Å²) in [6, 6.07) is 19.0. The minimum atomic E-state index is -0.368. The molecule has 0 saturated carbocycles. The molecule has 0 fully saturated rings. The van der Waals surface area contributed by atoms with Crippen LogP contribution < -0.4 is 10.6 Å². The lowest BCUT2D eigenvalue weighted by Gasteiger charge is -2.13. The van der Waals surface area contributed by atoms with E-state index in [1.165, 1.54) is 0 Å². The molecule has 0 aliphatic carbocycles. The number of nitrogens with one attached hydrogen (secondary N) is 2. The maximum Gasteiger partial charge on any atom is 0.340 e. The molecule has 2 N–H and O–H groups in total. The van der Waals surface area contributed by atoms with Gasteiger partial charge in [-0.2, -0.15) is 4.98 Å². The Hall–Kier alpha value is -3.41. The lowest BCUT2D eigenvalue weighted by molar-refractivity contribution is 0.0527. The molecule has 28 heavy (non-hydrogen) atoms. The first kappa shape index (κ1) is 19.4. The molecular formula is C22H24N4O2. The second-order valence-corrected chi connectivity index (χ2v) is 6.15. The van der Waals surface area contributed by atoms with E-state index in [2.05, 4.69) is 27.5 Å². The topological polar surface area (TPSA) is 76.1 Å². The lowest BCUT2D eigenvalue weighted by atomic mass is 10.1. The number of anilines is 3. The predicted octanol–water partition coefficient (Wildman–Crippen LogP) is 4.89. The Morgan fingerprint density at radius 3 is 2.50 bits per heavy atom. The fraction of sp³-hybridized carbons (Fsp3) is 0.227. The molecule has 0 aliphatic rings. The fourth-order valence-corrected chi connectivity index (χ4v) is 2.70. The molecule has 0 spiro atoms. The molecule has 0 atom stereocenters. The third-order valence-electron chi connectivity index (χ3n) is 4.01. The number of rotatable bonds is 8. The zero-order chi connectivity index (χ0) is 19.8. The highest BCUT2D eigenvalue weighted by Gasteiger charge is 2.13. The van der Waals surface area contributed by atoms with Gasteiger partial charge < -0.3 is 15.4 Å². The quantitative estimate of drug-likeness (QED) is 0.545. The van der Waals surface area contributed by atoms with Crippen molar-refractivity contribution in [2.45, 2.75) is 20.3 Å². The first-order valence-electron chi connectivity index (χ1n) is 9.42. The molecule has 0 unspecified atom stereocenters. The van der Waals surface area contributed by atoms with Gasteiger partial charge in [0.05, 0.1) is 23.6 Å². The molecule has 0 aliphatic heterocycles. The van der Waals surface area contributed by atoms with Crippen LogP contribution in [-0.2, 0) is 4.74 Å². The fourth-order valence-electron chi connectivity index (χ4n) is 2.70. The molecule has 3 aromatic rings. The normalized spacial score (nSPS) is 10.4. The minimum absolute atomic E-state index is 0.323. The van der Waals surface area contributed by atoms with Crippen molar-refractivity contribution in [3.63, 3.8) is 0 Å². The van der Waals surface area contributed by atoms with Gasteiger partial charge in [-0.3, -0.25) is 0 Å². The highest BCUT2D eigenvalue weighted by molar-refractivity contribution is 5.96. The van der Waals surface area contributed by atoms with Gasteiger partial charge in [0.25, 0.3) is 0 Å². The smallest absolute Gasteiger partial charge is 0.340 e. The molecular weight excluding hydrogens is 352 g/mol. The van der Waals surface area contributed by atoms with Crippen LogP contribution in [-0.4, -0.2) is 29.1 Å². The van der Waals surface area contributed by atoms with E-state index >= 15 is 0 Å². The van der Waals surface area contributed by atoms with Gasteiger partial charge in [0, 0.05) is 18.2 Å². The van der Waals surface area contributed by atoms with Crippen LogP contribution in [0.1, 0.15) is 30.6 Å². The maximum absolute atomic E-state index is 12.2. The predicted molar refractivity (Wildman–Crippen MR) is 112 cm³/mol. The maximum atomic E-state index is 12.2. The van der Waals surface area contributed by atoms with Crippen molar-refractivity contribution in [1.29, 1.82) is 0 Å². The minimum Gasteiger partial charge on any atom is -0.462 e. The van der Waals surface area contributed by atoms with E-state index in [0.717, 1.165) is 24.2 Å². The van der Waals surface area contributed by atoms with Crippen molar-refractivity contribution < 1.29 is 9.53 Å². The summed E-state index contributed by atoms with van der Waals surface area (Å²) in [6.07, 6.45) is 0.966. The van der Waals surface area contributed by atoms with Gasteiger partial charge in [-0.15, -0.1) is 0 Å². The molecule has 144 valence electrons. The van der Waals surface area contributed by atoms with Gasteiger partial charge in [0.15, 0.2) is 0 Å². The van der Waals surface area contributed by atoms with Gasteiger partial charge >= 0.3 is 5.97 Å². The average molecular weight is 376 g/mol. The molecule has 0 radical (unpaired) electrons. The molecule has 1 heterocycles. The van der Waals surface area contributed by atoms with E-state index in [-0.39, 0.29) is 5.97 Å². The molecule has 0 amide bonds. The van der Waals surface area contributed by atoms with Gasteiger partial charge in [-0.05, 0) is 25.5 Å². The van der Waals surface area contributed by atoms with E-state index < -0.39 is 0 Å². The summed E-state index contributed by atoms with van der Waals surface area (Å²) in [5.74, 6) is 0.774. The number of para-hydroxylation sites is 1. The zero-order valence-corrected chi connectivity index (χ0v) is 16.1. The second-order valence-electron chi connectivity index (χ2n) is 6.15. The number of esters is 1. The summed E-state index contributed by atoms with van der Waals surface area (Å²) < 4.78 is 5.15. The third kappa shape index (κ3) is 4.85. The number of carbonyl (C=O) groups excluding carboxylic acids is 1. The first-order valence-corrected chi connectivity index (χ1v) is 9.42. The summed E-state index contributed by atoms with van der Waals surface area (Å²) in [7, 11) is 0. The monoisotopic (exact) mass is 376 g/mol. The third-order valence-corrected chi connectivity index (χ3v) is 4.01. The van der Waals surface area contributed by atoms with Crippen LogP contribution in [0.25, 0.3) is 11.3 Å². The van der Waals surface area contributed by atoms with Crippen molar-refractivity contribution in [2.24, 2.45) is 0 Å². The summed E-state index contributed by atoms with van der Waals surface area (Å²) in [4.78, 5) is 21.4. The standard InChI is InChI=1S/C22H24N4O2/c1-3-14-23-22-25-19(16-10-6-5-7-11-16)15-20(26-22)24-18-13-9-8-12-17(18)21(27)28-4-2/h5-13,15H,3-4,14H2,1-2H3,(H2,23,24,25,26). The van der Waals surface area contributed by atoms with Crippen LogP contribution in [0.15, 0.2) is 60.7 Å². The number of carbonyl (C=O) groups is 1. The lowest BCUT2D eigenvalue weighted by Crippen LogP contribution is -2.10. The number of ether oxygens (including phenoxy) is 1. The number of hydrogen-bond donors (Lipinski definition) is 2. The molecule has 6 nitrogen and oxygen atoms in total. The van der Waals surface area contributed by atoms with Gasteiger partial charge in [-0.1, -0.05) is 49.4 Å². The Morgan fingerprint density at radius 1 is 1.00 bits per heavy atom. The van der Waals surface area contributed by atoms with Gasteiger partial charge in [0.2, 0.25) is 5.95 Å². The SMILES string of the molecule is CCCNc1nc(Nc2ccccc2C(=O)OCC)cc(-c2ccccc2)n1. The van der Waals surface area contributed by atoms with Crippen molar-refractivity contribution in [3.05, 3.63) is 66.2 Å². The number of hydrogen-bond acceptors (Lipinski definition) is 6. The number of benzene rings is 2. The van der Waals surface area contributed by atoms with Crippen molar-refractivity contribution >= 4 is 23.4 Å². The Balaban J connectivity index is 1.97. The summed E-state index contributed by atoms with van der Waals surface area (Å²) in [6.45, 7) is 4.97. The van der Waals surface area contributed by atoms with E-state index in [1.54, 1.807) is 19.1 Å². The van der Waals surface area contributed by atoms with Crippen LogP contribution in [0.3, 0.4) is 0 Å². The summed E-state index contributed by atoms with van der Waals surface area (Å²) >= 11 is 0. The van der Waals surface area contributed by atoms with Crippen molar-refractivity contribution in [1.82, 2.24) is 9.97 Å². The first-order chi connectivity index (χ1) is 13.7. The van der Waals surface area contributed by atoms with E-state index in [9.17, 15) is 4.79 Å². The van der Waals surface area contributed by atoms with Crippen LogP contribution in [0.2, 0.25) is 0 Å². The van der Waals surface area contributed by atoms with Gasteiger partial charge in [-0.25, -0.2) is 9.78 Å². The largest absolute Gasteiger partial charge is 0.462 e. The van der Waals surface area contributed by atoms with E-state index in [0.29, 0.717) is 29.6 Å². The second kappa shape index (κ2) is 9.50. The number of nitrogens with zero attached hydrogens (tertiary/aromatic N) is 2. The molecule has 1 aromatic heterocycles. The van der Waals surface area contributed by atoms with Crippen molar-refractivity contribution in [2.75, 3.05) is 23.8 Å². The Labute approximate surface area is 165 Å². The summed E-state index contributed by atoms with van der Waals surface area (Å²) in [5, 5.41) is 6.48. The summed E-state index contributed by atoms with van der Waals surface area (Å²) in [5.41, 5.74) is 2.89. The Kier molecular flexibility index (Phi) is 6.57. The number of aromatic nitrogens is 2. The van der Waals surface area contributed by atoms with Crippen LogP contribution in [0.4, 0.5) is 17.5 Å². The zero-order valence-electron chi connectivity index (χ0n) is 16.1. The molecule has 0 saturated heterocycles. The highest BCUT2D eigenvalue weighted by atomic mass is 16.5. The molecule has 2 aromatic carbocycles. The Bertz CT molecular complexity index is 929. The van der Waals surface area contributed by atoms with Crippen LogP contribution in [0, 0.1) is 0 Å². The van der Waals surface area contributed by atoms with E-state index in [1.807, 2.05) is 48.5 Å². The van der Waals surface area contributed by atoms with Crippen LogP contribution in [0.5, 0.6) is 0 Å². The molecule has 3 rings (SSSR count). The van der Waals surface area contributed by atoms with Crippen molar-refractivity contribution in [3.8, 4) is 11.3 Å². The molecule has 0 bridgehead atoms. The van der Waals surface area contributed by atoms with Crippen LogP contribution >= 0.6 is 0 Å². The molecule has 6 heteroatoms. The average Bonchev–Trinajstić information content (AvgIpc) is 2.73. The highest BCUT2D eigenvalue weighted by Crippen LogP contribution is 2.25. The Morgan fingerprint density at radius 2 is 1.75 bits per heavy atom. The van der Waals surface area contributed by atoms with Gasteiger partial charge in [0.1, 0.15) is 5.82 Å².